The molecule has 0 amide bonds. The van der Waals surface area contributed by atoms with Gasteiger partial charge in [0, 0.05) is 22.6 Å². The van der Waals surface area contributed by atoms with Gasteiger partial charge in [0.05, 0.1) is 5.92 Å². The number of Topliss-reactive ketones (excluding diaryl/α,β-unsaturated/α-hetero) is 2. The first-order valence-corrected chi connectivity index (χ1v) is 8.78. The van der Waals surface area contributed by atoms with Gasteiger partial charge in [-0.15, -0.1) is 0 Å². The Labute approximate surface area is 159 Å². The number of carbonyl (C=O) groups excluding carboxylic acids is 2. The molecular formula is C23H21ClO2. The summed E-state index contributed by atoms with van der Waals surface area (Å²) in [5.74, 6) is -0.771. The van der Waals surface area contributed by atoms with Gasteiger partial charge in [0.15, 0.2) is 11.6 Å². The summed E-state index contributed by atoms with van der Waals surface area (Å²) in [6.45, 7) is 5.60. The summed E-state index contributed by atoms with van der Waals surface area (Å²) in [6.07, 6.45) is 7.19. The lowest BCUT2D eigenvalue weighted by molar-refractivity contribution is 0.0874. The average molecular weight is 365 g/mol. The van der Waals surface area contributed by atoms with Crippen LogP contribution in [0.5, 0.6) is 0 Å². The van der Waals surface area contributed by atoms with Gasteiger partial charge in [-0.25, -0.2) is 0 Å². The minimum absolute atomic E-state index is 0.0719. The minimum Gasteiger partial charge on any atom is -0.294 e. The third kappa shape index (κ3) is 5.14. The second kappa shape index (κ2) is 9.69. The fourth-order valence-electron chi connectivity index (χ4n) is 2.72. The van der Waals surface area contributed by atoms with Crippen LogP contribution in [0.4, 0.5) is 0 Å². The molecule has 3 heteroatoms. The van der Waals surface area contributed by atoms with Gasteiger partial charge in [-0.3, -0.25) is 9.59 Å². The predicted octanol–water partition coefficient (Wildman–Crippen LogP) is 6.10. The van der Waals surface area contributed by atoms with E-state index in [0.29, 0.717) is 16.1 Å². The van der Waals surface area contributed by atoms with E-state index in [4.69, 9.17) is 11.6 Å². The van der Waals surface area contributed by atoms with Crippen LogP contribution in [-0.2, 0) is 0 Å². The van der Waals surface area contributed by atoms with E-state index in [2.05, 4.69) is 6.58 Å². The summed E-state index contributed by atoms with van der Waals surface area (Å²) in [7, 11) is 0. The topological polar surface area (TPSA) is 34.1 Å². The third-order valence-electron chi connectivity index (χ3n) is 4.00. The van der Waals surface area contributed by atoms with Crippen LogP contribution >= 0.6 is 11.6 Å². The second-order valence-corrected chi connectivity index (χ2v) is 6.26. The number of halogens is 1. The number of allylic oxidation sites excluding steroid dienone is 5. The van der Waals surface area contributed by atoms with E-state index in [1.54, 1.807) is 48.6 Å². The summed E-state index contributed by atoms with van der Waals surface area (Å²) in [5, 5.41) is 0.564. The summed E-state index contributed by atoms with van der Waals surface area (Å²) in [5.41, 5.74) is 1.88. The molecular weight excluding hydrogens is 344 g/mol. The standard InChI is InChI=1S/C23H21ClO2/c1-3-8-17(9-4-2)21(16-22(25)18-10-6-5-7-11-18)23(26)19-12-14-20(24)15-13-19/h3-15,21H,1,16H2,2H3/b9-4-,17-8+. The van der Waals surface area contributed by atoms with E-state index in [1.165, 1.54) is 0 Å². The molecule has 0 bridgehead atoms. The number of hydrogen-bond acceptors (Lipinski definition) is 2. The number of ketones is 2. The molecule has 0 radical (unpaired) electrons. The maximum atomic E-state index is 13.1. The number of benzene rings is 2. The Hall–Kier alpha value is -2.71. The van der Waals surface area contributed by atoms with Crippen molar-refractivity contribution in [3.8, 4) is 0 Å². The molecule has 2 nitrogen and oxygen atoms in total. The van der Waals surface area contributed by atoms with Crippen molar-refractivity contribution in [1.29, 1.82) is 0 Å². The van der Waals surface area contributed by atoms with Crippen molar-refractivity contribution >= 4 is 23.2 Å². The summed E-state index contributed by atoms with van der Waals surface area (Å²) >= 11 is 5.92. The normalized spacial score (nSPS) is 12.8. The maximum Gasteiger partial charge on any atom is 0.170 e. The van der Waals surface area contributed by atoms with Gasteiger partial charge in [0.2, 0.25) is 0 Å². The zero-order chi connectivity index (χ0) is 18.9. The molecule has 1 atom stereocenters. The van der Waals surface area contributed by atoms with Crippen molar-refractivity contribution in [3.05, 3.63) is 107 Å². The average Bonchev–Trinajstić information content (AvgIpc) is 2.66. The van der Waals surface area contributed by atoms with Crippen molar-refractivity contribution in [1.82, 2.24) is 0 Å². The van der Waals surface area contributed by atoms with Crippen LogP contribution in [0.2, 0.25) is 5.02 Å². The van der Waals surface area contributed by atoms with Crippen LogP contribution in [0, 0.1) is 5.92 Å². The van der Waals surface area contributed by atoms with Crippen LogP contribution in [0.3, 0.4) is 0 Å². The molecule has 0 saturated heterocycles. The Morgan fingerprint density at radius 2 is 1.69 bits per heavy atom. The van der Waals surface area contributed by atoms with E-state index in [1.807, 2.05) is 37.3 Å². The first kappa shape index (κ1) is 19.6. The van der Waals surface area contributed by atoms with Gasteiger partial charge >= 0.3 is 0 Å². The SMILES string of the molecule is C=C/C=C(\C=C/C)C(CC(=O)c1ccccc1)C(=O)c1ccc(Cl)cc1. The molecule has 0 fully saturated rings. The Kier molecular flexibility index (Phi) is 7.31. The fourth-order valence-corrected chi connectivity index (χ4v) is 2.85. The summed E-state index contributed by atoms with van der Waals surface area (Å²) < 4.78 is 0. The van der Waals surface area contributed by atoms with Crippen molar-refractivity contribution in [2.45, 2.75) is 13.3 Å². The van der Waals surface area contributed by atoms with Crippen molar-refractivity contribution in [2.24, 2.45) is 5.92 Å². The molecule has 0 aromatic heterocycles. The molecule has 0 saturated carbocycles. The molecule has 0 heterocycles. The Balaban J connectivity index is 2.39. The Bertz CT molecular complexity index is 830. The smallest absolute Gasteiger partial charge is 0.170 e. The summed E-state index contributed by atoms with van der Waals surface area (Å²) in [4.78, 5) is 25.8. The molecule has 0 aliphatic rings. The van der Waals surface area contributed by atoms with Crippen LogP contribution in [0.1, 0.15) is 34.1 Å². The highest BCUT2D eigenvalue weighted by Crippen LogP contribution is 2.25. The third-order valence-corrected chi connectivity index (χ3v) is 4.25. The van der Waals surface area contributed by atoms with E-state index >= 15 is 0 Å². The van der Waals surface area contributed by atoms with E-state index in [0.717, 1.165) is 5.57 Å². The first-order chi connectivity index (χ1) is 12.6. The Morgan fingerprint density at radius 1 is 1.04 bits per heavy atom. The molecule has 26 heavy (non-hydrogen) atoms. The zero-order valence-corrected chi connectivity index (χ0v) is 15.4. The van der Waals surface area contributed by atoms with Gasteiger partial charge < -0.3 is 0 Å². The van der Waals surface area contributed by atoms with Crippen molar-refractivity contribution < 1.29 is 9.59 Å². The van der Waals surface area contributed by atoms with Crippen LogP contribution in [0.25, 0.3) is 0 Å². The lowest BCUT2D eigenvalue weighted by atomic mass is 9.84. The molecule has 2 aromatic rings. The molecule has 2 aromatic carbocycles. The quantitative estimate of drug-likeness (QED) is 0.419. The van der Waals surface area contributed by atoms with E-state index in [9.17, 15) is 9.59 Å². The van der Waals surface area contributed by atoms with Gasteiger partial charge in [-0.2, -0.15) is 0 Å². The Morgan fingerprint density at radius 3 is 2.27 bits per heavy atom. The van der Waals surface area contributed by atoms with Crippen LogP contribution < -0.4 is 0 Å². The number of hydrogen-bond donors (Lipinski definition) is 0. The van der Waals surface area contributed by atoms with Gasteiger partial charge in [-0.05, 0) is 36.8 Å². The zero-order valence-electron chi connectivity index (χ0n) is 14.7. The van der Waals surface area contributed by atoms with Crippen LogP contribution in [0.15, 0.2) is 91.1 Å². The molecule has 0 spiro atoms. The maximum absolute atomic E-state index is 13.1. The fraction of sp³-hybridized carbons (Fsp3) is 0.130. The lowest BCUT2D eigenvalue weighted by Gasteiger charge is -2.17. The first-order valence-electron chi connectivity index (χ1n) is 8.40. The minimum atomic E-state index is -0.585. The molecule has 132 valence electrons. The highest BCUT2D eigenvalue weighted by atomic mass is 35.5. The van der Waals surface area contributed by atoms with E-state index < -0.39 is 5.92 Å². The molecule has 0 N–H and O–H groups in total. The highest BCUT2D eigenvalue weighted by Gasteiger charge is 2.26. The van der Waals surface area contributed by atoms with Gasteiger partial charge in [0.25, 0.3) is 0 Å². The summed E-state index contributed by atoms with van der Waals surface area (Å²) in [6, 6.07) is 15.7. The van der Waals surface area contributed by atoms with Gasteiger partial charge in [-0.1, -0.05) is 72.8 Å². The van der Waals surface area contributed by atoms with E-state index in [-0.39, 0.29) is 18.0 Å². The van der Waals surface area contributed by atoms with Crippen LogP contribution in [-0.4, -0.2) is 11.6 Å². The van der Waals surface area contributed by atoms with Gasteiger partial charge in [0.1, 0.15) is 0 Å². The molecule has 0 aliphatic carbocycles. The van der Waals surface area contributed by atoms with Crippen molar-refractivity contribution in [3.63, 3.8) is 0 Å². The monoisotopic (exact) mass is 364 g/mol. The molecule has 0 aliphatic heterocycles. The highest BCUT2D eigenvalue weighted by molar-refractivity contribution is 6.30. The molecule has 2 rings (SSSR count). The van der Waals surface area contributed by atoms with Crippen molar-refractivity contribution in [2.75, 3.05) is 0 Å². The predicted molar refractivity (Wildman–Crippen MR) is 108 cm³/mol. The second-order valence-electron chi connectivity index (χ2n) is 5.82. The molecule has 1 unspecified atom stereocenters. The number of rotatable bonds is 8. The largest absolute Gasteiger partial charge is 0.294 e. The number of carbonyl (C=O) groups is 2. The lowest BCUT2D eigenvalue weighted by Crippen LogP contribution is -2.20.